The van der Waals surface area contributed by atoms with E-state index in [0.29, 0.717) is 18.0 Å². The molecule has 1 aromatic carbocycles. The van der Waals surface area contributed by atoms with Crippen LogP contribution in [0.15, 0.2) is 30.6 Å². The van der Waals surface area contributed by atoms with Crippen molar-refractivity contribution in [3.63, 3.8) is 0 Å². The van der Waals surface area contributed by atoms with Crippen LogP contribution >= 0.6 is 22.9 Å². The van der Waals surface area contributed by atoms with Gasteiger partial charge >= 0.3 is 0 Å². The quantitative estimate of drug-likeness (QED) is 0.705. The van der Waals surface area contributed by atoms with Gasteiger partial charge in [0.2, 0.25) is 5.91 Å². The molecule has 6 nitrogen and oxygen atoms in total. The lowest BCUT2D eigenvalue weighted by atomic mass is 10.1. The van der Waals surface area contributed by atoms with Gasteiger partial charge in [0.05, 0.1) is 21.4 Å². The Labute approximate surface area is 148 Å². The first-order valence-corrected chi connectivity index (χ1v) is 8.75. The normalized spacial score (nSPS) is 12.5. The molecule has 0 saturated carbocycles. The first-order chi connectivity index (χ1) is 11.6. The van der Waals surface area contributed by atoms with Crippen LogP contribution in [0.4, 0.5) is 0 Å². The maximum atomic E-state index is 12.3. The summed E-state index contributed by atoms with van der Waals surface area (Å²) in [6.45, 7) is 0.533. The highest BCUT2D eigenvalue weighted by atomic mass is 35.5. The Bertz CT molecular complexity index is 859. The summed E-state index contributed by atoms with van der Waals surface area (Å²) < 4.78 is 2.78. The first-order valence-electron chi connectivity index (χ1n) is 7.55. The Morgan fingerprint density at radius 1 is 1.46 bits per heavy atom. The van der Waals surface area contributed by atoms with Crippen molar-refractivity contribution in [2.24, 2.45) is 7.05 Å². The minimum absolute atomic E-state index is 0.0744. The number of aryl methyl sites for hydroxylation is 1. The molecule has 24 heavy (non-hydrogen) atoms. The molecule has 2 aromatic heterocycles. The largest absolute Gasteiger partial charge is 0.354 e. The summed E-state index contributed by atoms with van der Waals surface area (Å²) in [5.74, 6) is -0.0744. The van der Waals surface area contributed by atoms with Gasteiger partial charge in [0.25, 0.3) is 0 Å². The fourth-order valence-corrected chi connectivity index (χ4v) is 3.60. The topological polar surface area (TPSA) is 71.8 Å². The zero-order valence-corrected chi connectivity index (χ0v) is 15.0. The lowest BCUT2D eigenvalue weighted by Gasteiger charge is -2.14. The van der Waals surface area contributed by atoms with Crippen LogP contribution in [-0.4, -0.2) is 34.3 Å². The van der Waals surface area contributed by atoms with E-state index in [1.165, 1.54) is 0 Å². The van der Waals surface area contributed by atoms with E-state index in [0.717, 1.165) is 20.8 Å². The molecule has 0 aliphatic carbocycles. The van der Waals surface area contributed by atoms with Gasteiger partial charge in [-0.05, 0) is 25.2 Å². The number of halogens is 1. The lowest BCUT2D eigenvalue weighted by molar-refractivity contribution is -0.123. The number of hydrogen-bond donors (Lipinski definition) is 2. The number of fused-ring (bicyclic) bond motifs is 1. The number of aromatic nitrogens is 3. The number of thiazole rings is 1. The van der Waals surface area contributed by atoms with Crippen molar-refractivity contribution >= 4 is 39.1 Å². The number of hydrogen-bond acceptors (Lipinski definition) is 5. The van der Waals surface area contributed by atoms with Crippen molar-refractivity contribution in [3.8, 4) is 0 Å². The Hall–Kier alpha value is -1.96. The van der Waals surface area contributed by atoms with Gasteiger partial charge < -0.3 is 10.6 Å². The van der Waals surface area contributed by atoms with Gasteiger partial charge in [-0.2, -0.15) is 5.10 Å². The summed E-state index contributed by atoms with van der Waals surface area (Å²) in [5.41, 5.74) is 1.74. The van der Waals surface area contributed by atoms with Crippen molar-refractivity contribution in [1.29, 1.82) is 0 Å². The second kappa shape index (κ2) is 7.29. The van der Waals surface area contributed by atoms with E-state index in [4.69, 9.17) is 11.6 Å². The smallest absolute Gasteiger partial charge is 0.241 e. The molecular weight excluding hydrogens is 346 g/mol. The van der Waals surface area contributed by atoms with Crippen LogP contribution in [-0.2, 0) is 18.3 Å². The highest BCUT2D eigenvalue weighted by Gasteiger charge is 2.19. The highest BCUT2D eigenvalue weighted by Crippen LogP contribution is 2.25. The SMILES string of the molecule is CNC(C(=O)NCCc1nc2cc(Cl)ccc2s1)c1cnn(C)c1. The summed E-state index contributed by atoms with van der Waals surface area (Å²) >= 11 is 7.60. The van der Waals surface area contributed by atoms with E-state index < -0.39 is 6.04 Å². The fourth-order valence-electron chi connectivity index (χ4n) is 2.49. The van der Waals surface area contributed by atoms with Gasteiger partial charge in [0.1, 0.15) is 6.04 Å². The van der Waals surface area contributed by atoms with Gasteiger partial charge in [-0.15, -0.1) is 11.3 Å². The van der Waals surface area contributed by atoms with Crippen molar-refractivity contribution < 1.29 is 4.79 Å². The molecule has 0 aliphatic heterocycles. The van der Waals surface area contributed by atoms with Crippen LogP contribution in [0.5, 0.6) is 0 Å². The Balaban J connectivity index is 1.59. The Kier molecular flexibility index (Phi) is 5.13. The molecule has 126 valence electrons. The molecule has 1 atom stereocenters. The predicted octanol–water partition coefficient (Wildman–Crippen LogP) is 2.30. The minimum atomic E-state index is -0.409. The standard InChI is InChI=1S/C16H18ClN5OS/c1-18-15(10-8-20-22(2)9-10)16(23)19-6-5-14-21-12-7-11(17)3-4-13(12)24-14/h3-4,7-9,15,18H,5-6H2,1-2H3,(H,19,23). The van der Waals surface area contributed by atoms with Crippen molar-refractivity contribution in [2.75, 3.05) is 13.6 Å². The Morgan fingerprint density at radius 3 is 3.00 bits per heavy atom. The van der Waals surface area contributed by atoms with Gasteiger partial charge in [-0.25, -0.2) is 4.98 Å². The second-order valence-corrected chi connectivity index (χ2v) is 6.98. The summed E-state index contributed by atoms with van der Waals surface area (Å²) in [5, 5.41) is 11.7. The molecule has 1 amide bonds. The third-order valence-electron chi connectivity index (χ3n) is 3.64. The maximum absolute atomic E-state index is 12.3. The fraction of sp³-hybridized carbons (Fsp3) is 0.312. The molecule has 3 rings (SSSR count). The third-order valence-corrected chi connectivity index (χ3v) is 4.97. The maximum Gasteiger partial charge on any atom is 0.241 e. The Morgan fingerprint density at radius 2 is 2.29 bits per heavy atom. The lowest BCUT2D eigenvalue weighted by Crippen LogP contribution is -2.36. The first kappa shape index (κ1) is 16.9. The molecule has 2 heterocycles. The molecule has 2 N–H and O–H groups in total. The number of carbonyl (C=O) groups excluding carboxylic acids is 1. The molecule has 0 radical (unpaired) electrons. The second-order valence-electron chi connectivity index (χ2n) is 5.43. The molecule has 1 unspecified atom stereocenters. The number of benzene rings is 1. The van der Waals surface area contributed by atoms with Crippen LogP contribution in [0.2, 0.25) is 5.02 Å². The van der Waals surface area contributed by atoms with Gasteiger partial charge in [0.15, 0.2) is 0 Å². The van der Waals surface area contributed by atoms with Gasteiger partial charge in [0, 0.05) is 36.8 Å². The number of likely N-dealkylation sites (N-methyl/N-ethyl adjacent to an activating group) is 1. The van der Waals surface area contributed by atoms with E-state index in [9.17, 15) is 4.79 Å². The van der Waals surface area contributed by atoms with E-state index in [2.05, 4.69) is 20.7 Å². The number of nitrogens with one attached hydrogen (secondary N) is 2. The van der Waals surface area contributed by atoms with Crippen LogP contribution in [0.1, 0.15) is 16.6 Å². The average molecular weight is 364 g/mol. The number of amides is 1. The third kappa shape index (κ3) is 3.75. The number of nitrogens with zero attached hydrogens (tertiary/aromatic N) is 3. The van der Waals surface area contributed by atoms with Crippen molar-refractivity contribution in [2.45, 2.75) is 12.5 Å². The van der Waals surface area contributed by atoms with Crippen LogP contribution < -0.4 is 10.6 Å². The summed E-state index contributed by atoms with van der Waals surface area (Å²) in [4.78, 5) is 16.9. The van der Waals surface area contributed by atoms with Gasteiger partial charge in [-0.3, -0.25) is 9.48 Å². The molecule has 0 bridgehead atoms. The van der Waals surface area contributed by atoms with E-state index in [1.54, 1.807) is 29.3 Å². The molecule has 0 saturated heterocycles. The molecular formula is C16H18ClN5OS. The van der Waals surface area contributed by atoms with E-state index in [-0.39, 0.29) is 5.91 Å². The minimum Gasteiger partial charge on any atom is -0.354 e. The predicted molar refractivity (Wildman–Crippen MR) is 96.4 cm³/mol. The molecule has 0 aliphatic rings. The van der Waals surface area contributed by atoms with Crippen LogP contribution in [0, 0.1) is 0 Å². The van der Waals surface area contributed by atoms with E-state index >= 15 is 0 Å². The average Bonchev–Trinajstić information content (AvgIpc) is 3.13. The van der Waals surface area contributed by atoms with E-state index in [1.807, 2.05) is 31.4 Å². The van der Waals surface area contributed by atoms with Gasteiger partial charge in [-0.1, -0.05) is 11.6 Å². The number of carbonyl (C=O) groups is 1. The summed E-state index contributed by atoms with van der Waals surface area (Å²) in [6, 6.07) is 5.28. The molecule has 8 heteroatoms. The number of rotatable bonds is 6. The van der Waals surface area contributed by atoms with Crippen LogP contribution in [0.25, 0.3) is 10.2 Å². The summed E-state index contributed by atoms with van der Waals surface area (Å²) in [6.07, 6.45) is 4.21. The van der Waals surface area contributed by atoms with Crippen molar-refractivity contribution in [1.82, 2.24) is 25.4 Å². The zero-order chi connectivity index (χ0) is 17.1. The monoisotopic (exact) mass is 363 g/mol. The highest BCUT2D eigenvalue weighted by molar-refractivity contribution is 7.18. The van der Waals surface area contributed by atoms with Crippen molar-refractivity contribution in [3.05, 3.63) is 46.2 Å². The molecule has 0 fully saturated rings. The van der Waals surface area contributed by atoms with Crippen LogP contribution in [0.3, 0.4) is 0 Å². The summed E-state index contributed by atoms with van der Waals surface area (Å²) in [7, 11) is 3.59. The zero-order valence-electron chi connectivity index (χ0n) is 13.4. The molecule has 0 spiro atoms. The molecule has 3 aromatic rings.